The number of hydrogen-bond donors (Lipinski definition) is 2. The largest absolute Gasteiger partial charge is 0.433 e. The minimum atomic E-state index is -1.46. The first kappa shape index (κ1) is 24.1. The molecule has 34 heavy (non-hydrogen) atoms. The number of nitrogens with two attached hydrogens (primary N) is 1. The highest BCUT2D eigenvalue weighted by Crippen LogP contribution is 2.32. The van der Waals surface area contributed by atoms with Gasteiger partial charge in [0.25, 0.3) is 5.91 Å². The van der Waals surface area contributed by atoms with Crippen LogP contribution < -0.4 is 5.73 Å². The predicted molar refractivity (Wildman–Crippen MR) is 135 cm³/mol. The Morgan fingerprint density at radius 2 is 1.82 bits per heavy atom. The molecule has 2 amide bonds. The molecule has 1 heterocycles. The molecular weight excluding hydrogens is 450 g/mol. The van der Waals surface area contributed by atoms with Gasteiger partial charge in [-0.25, -0.2) is 4.79 Å². The molecule has 1 aliphatic carbocycles. The zero-order chi connectivity index (χ0) is 24.1. The lowest BCUT2D eigenvalue weighted by atomic mass is 9.89. The van der Waals surface area contributed by atoms with Crippen LogP contribution in [0, 0.1) is 0 Å². The number of para-hydroxylation sites is 1. The Morgan fingerprint density at radius 3 is 2.56 bits per heavy atom. The highest BCUT2D eigenvalue weighted by Gasteiger charge is 2.44. The molecule has 7 heteroatoms. The van der Waals surface area contributed by atoms with Crippen molar-refractivity contribution in [2.45, 2.75) is 62.5 Å². The molecule has 0 spiro atoms. The molecule has 6 nitrogen and oxygen atoms in total. The monoisotopic (exact) mass is 481 g/mol. The molecule has 3 N–H and O–H groups in total. The molecule has 1 unspecified atom stereocenters. The van der Waals surface area contributed by atoms with Crippen LogP contribution in [0.3, 0.4) is 0 Å². The van der Waals surface area contributed by atoms with Gasteiger partial charge >= 0.3 is 6.09 Å². The Hall–Kier alpha value is -2.99. The number of aromatic nitrogens is 1. The molecule has 2 aromatic carbocycles. The lowest BCUT2D eigenvalue weighted by Crippen LogP contribution is -2.57. The van der Waals surface area contributed by atoms with Crippen molar-refractivity contribution in [3.63, 3.8) is 0 Å². The summed E-state index contributed by atoms with van der Waals surface area (Å²) in [6, 6.07) is 17.8. The zero-order valence-corrected chi connectivity index (χ0v) is 20.3. The molecule has 0 radical (unpaired) electrons. The molecule has 1 aliphatic rings. The maximum atomic E-state index is 14.2. The van der Waals surface area contributed by atoms with Crippen LogP contribution in [0.4, 0.5) is 4.79 Å². The predicted octanol–water partition coefficient (Wildman–Crippen LogP) is 5.19. The second kappa shape index (κ2) is 10.5. The van der Waals surface area contributed by atoms with Gasteiger partial charge in [0, 0.05) is 36.1 Å². The molecule has 0 saturated heterocycles. The average molecular weight is 482 g/mol. The summed E-state index contributed by atoms with van der Waals surface area (Å²) in [4.78, 5) is 31.2. The fourth-order valence-corrected chi connectivity index (χ4v) is 5.47. The quantitative estimate of drug-likeness (QED) is 0.434. The lowest BCUT2D eigenvalue weighted by Gasteiger charge is -2.41. The summed E-state index contributed by atoms with van der Waals surface area (Å²) < 4.78 is 5.57. The maximum Gasteiger partial charge on any atom is 0.405 e. The van der Waals surface area contributed by atoms with E-state index < -0.39 is 11.7 Å². The van der Waals surface area contributed by atoms with E-state index in [1.54, 1.807) is 6.92 Å². The van der Waals surface area contributed by atoms with E-state index in [1.165, 1.54) is 0 Å². The SMILES string of the molecule is CC(Cc1c[nH]c2ccccc12)(OC(N)=O)C(=O)N(CCc1ccccc1)[C@@H]1CCCC[C@H]1Cl. The van der Waals surface area contributed by atoms with Crippen molar-refractivity contribution >= 4 is 34.5 Å². The van der Waals surface area contributed by atoms with Gasteiger partial charge < -0.3 is 20.4 Å². The Labute approximate surface area is 205 Å². The number of hydrogen-bond acceptors (Lipinski definition) is 3. The number of carbonyl (C=O) groups excluding carboxylic acids is 2. The third kappa shape index (κ3) is 5.39. The van der Waals surface area contributed by atoms with E-state index in [-0.39, 0.29) is 23.7 Å². The number of primary amides is 1. The lowest BCUT2D eigenvalue weighted by molar-refractivity contribution is -0.152. The number of alkyl halides is 1. The van der Waals surface area contributed by atoms with Crippen LogP contribution in [0.25, 0.3) is 10.9 Å². The molecule has 1 saturated carbocycles. The van der Waals surface area contributed by atoms with Crippen LogP contribution in [0.1, 0.15) is 43.7 Å². The van der Waals surface area contributed by atoms with Crippen molar-refractivity contribution in [3.05, 3.63) is 71.9 Å². The van der Waals surface area contributed by atoms with E-state index in [0.29, 0.717) is 13.0 Å². The molecule has 4 rings (SSSR count). The Morgan fingerprint density at radius 1 is 1.12 bits per heavy atom. The van der Waals surface area contributed by atoms with Gasteiger partial charge in [0.1, 0.15) is 0 Å². The van der Waals surface area contributed by atoms with E-state index in [9.17, 15) is 9.59 Å². The van der Waals surface area contributed by atoms with Gasteiger partial charge in [-0.2, -0.15) is 0 Å². The molecule has 0 bridgehead atoms. The number of H-pyrrole nitrogens is 1. The first-order chi connectivity index (χ1) is 16.4. The van der Waals surface area contributed by atoms with Crippen molar-refractivity contribution in [1.29, 1.82) is 0 Å². The summed E-state index contributed by atoms with van der Waals surface area (Å²) in [7, 11) is 0. The van der Waals surface area contributed by atoms with E-state index in [2.05, 4.69) is 4.98 Å². The summed E-state index contributed by atoms with van der Waals surface area (Å²) in [6.45, 7) is 2.14. The van der Waals surface area contributed by atoms with Crippen LogP contribution >= 0.6 is 11.6 Å². The van der Waals surface area contributed by atoms with Crippen LogP contribution in [0.2, 0.25) is 0 Å². The third-order valence-electron chi connectivity index (χ3n) is 6.77. The molecule has 1 fully saturated rings. The van der Waals surface area contributed by atoms with Crippen molar-refractivity contribution in [1.82, 2.24) is 9.88 Å². The van der Waals surface area contributed by atoms with Gasteiger partial charge in [-0.05, 0) is 43.4 Å². The van der Waals surface area contributed by atoms with Crippen molar-refractivity contribution in [2.75, 3.05) is 6.54 Å². The minimum Gasteiger partial charge on any atom is -0.433 e. The molecule has 180 valence electrons. The van der Waals surface area contributed by atoms with Gasteiger partial charge in [0.05, 0.1) is 5.38 Å². The van der Waals surface area contributed by atoms with Crippen LogP contribution in [0.5, 0.6) is 0 Å². The standard InChI is InChI=1S/C27H32ClN3O3/c1-27(34-26(29)33,17-20-18-30-23-13-7-5-11-21(20)23)25(32)31(24-14-8-6-12-22(24)28)16-15-19-9-3-2-4-10-19/h2-5,7,9-11,13,18,22,24,30H,6,8,12,14-17H2,1H3,(H2,29,33)/t22-,24-,27?/m1/s1. The summed E-state index contributed by atoms with van der Waals surface area (Å²) in [6.07, 6.45) is 5.54. The summed E-state index contributed by atoms with van der Waals surface area (Å²) in [5.74, 6) is -0.259. The Kier molecular flexibility index (Phi) is 7.47. The Bertz CT molecular complexity index is 1130. The molecule has 0 aliphatic heterocycles. The third-order valence-corrected chi connectivity index (χ3v) is 7.28. The number of aromatic amines is 1. The van der Waals surface area contributed by atoms with Crippen LogP contribution in [0.15, 0.2) is 60.8 Å². The summed E-state index contributed by atoms with van der Waals surface area (Å²) in [5.41, 5.74) is 6.99. The number of benzene rings is 2. The summed E-state index contributed by atoms with van der Waals surface area (Å²) >= 11 is 6.75. The van der Waals surface area contributed by atoms with Crippen LogP contribution in [-0.4, -0.2) is 45.4 Å². The van der Waals surface area contributed by atoms with Crippen molar-refractivity contribution in [2.24, 2.45) is 5.73 Å². The number of halogens is 1. The first-order valence-electron chi connectivity index (χ1n) is 11.9. The highest BCUT2D eigenvalue weighted by molar-refractivity contribution is 6.21. The second-order valence-corrected chi connectivity index (χ2v) is 9.85. The van der Waals surface area contributed by atoms with E-state index in [4.69, 9.17) is 22.1 Å². The van der Waals surface area contributed by atoms with Gasteiger partial charge in [-0.1, -0.05) is 61.4 Å². The highest BCUT2D eigenvalue weighted by atomic mass is 35.5. The second-order valence-electron chi connectivity index (χ2n) is 9.29. The first-order valence-corrected chi connectivity index (χ1v) is 12.3. The van der Waals surface area contributed by atoms with E-state index >= 15 is 0 Å². The molecular formula is C27H32ClN3O3. The van der Waals surface area contributed by atoms with Gasteiger partial charge in [-0.15, -0.1) is 11.6 Å². The number of ether oxygens (including phenoxy) is 1. The van der Waals surface area contributed by atoms with Gasteiger partial charge in [-0.3, -0.25) is 4.79 Å². The number of amides is 2. The van der Waals surface area contributed by atoms with Gasteiger partial charge in [0.2, 0.25) is 0 Å². The fourth-order valence-electron chi connectivity index (χ4n) is 5.05. The molecule has 3 aromatic rings. The minimum absolute atomic E-state index is 0.120. The van der Waals surface area contributed by atoms with Crippen molar-refractivity contribution < 1.29 is 14.3 Å². The zero-order valence-electron chi connectivity index (χ0n) is 19.5. The Balaban J connectivity index is 1.66. The summed E-state index contributed by atoms with van der Waals surface area (Å²) in [5, 5.41) is 0.845. The maximum absolute atomic E-state index is 14.2. The van der Waals surface area contributed by atoms with E-state index in [1.807, 2.05) is 65.7 Å². The number of fused-ring (bicyclic) bond motifs is 1. The molecule has 3 atom stereocenters. The van der Waals surface area contributed by atoms with Crippen LogP contribution in [-0.2, 0) is 22.4 Å². The average Bonchev–Trinajstić information content (AvgIpc) is 3.23. The van der Waals surface area contributed by atoms with E-state index in [0.717, 1.165) is 47.7 Å². The number of nitrogens with one attached hydrogen (secondary N) is 1. The molecule has 1 aromatic heterocycles. The smallest absolute Gasteiger partial charge is 0.405 e. The topological polar surface area (TPSA) is 88.4 Å². The number of nitrogens with zero attached hydrogens (tertiary/aromatic N) is 1. The van der Waals surface area contributed by atoms with Crippen molar-refractivity contribution in [3.8, 4) is 0 Å². The number of rotatable bonds is 8. The normalized spacial score (nSPS) is 19.9. The fraction of sp³-hybridized carbons (Fsp3) is 0.407. The van der Waals surface area contributed by atoms with Gasteiger partial charge in [0.15, 0.2) is 5.60 Å². The number of carbonyl (C=O) groups is 2.